The molecule has 1 aromatic carbocycles. The lowest BCUT2D eigenvalue weighted by molar-refractivity contribution is 1.23. The zero-order chi connectivity index (χ0) is 7.84. The van der Waals surface area contributed by atoms with Gasteiger partial charge in [0, 0.05) is 5.03 Å². The maximum atomic E-state index is 5.99. The van der Waals surface area contributed by atoms with E-state index in [1.807, 2.05) is 30.3 Å². The number of hydrogen-bond acceptors (Lipinski definition) is 0. The van der Waals surface area contributed by atoms with Crippen LogP contribution in [-0.2, 0) is 0 Å². The molecule has 0 nitrogen and oxygen atoms in total. The van der Waals surface area contributed by atoms with Crippen molar-refractivity contribution in [1.29, 1.82) is 0 Å². The summed E-state index contributed by atoms with van der Waals surface area (Å²) in [6, 6.07) is 7.96. The van der Waals surface area contributed by atoms with Gasteiger partial charge >= 0.3 is 0 Å². The van der Waals surface area contributed by atoms with E-state index in [0.717, 1.165) is 11.1 Å². The Morgan fingerprint density at radius 2 is 1.91 bits per heavy atom. The average molecular weight is 185 g/mol. The van der Waals surface area contributed by atoms with E-state index in [2.05, 4.69) is 0 Å². The zero-order valence-corrected chi connectivity index (χ0v) is 7.23. The largest absolute Gasteiger partial charge is 0.112 e. The summed E-state index contributed by atoms with van der Waals surface area (Å²) in [5.74, 6) is 0. The van der Waals surface area contributed by atoms with Crippen LogP contribution in [0.2, 0.25) is 0 Å². The van der Waals surface area contributed by atoms with Crippen LogP contribution in [0, 0.1) is 0 Å². The smallest absolute Gasteiger partial charge is 0.0947 e. The highest BCUT2D eigenvalue weighted by Gasteiger charge is 2.20. The van der Waals surface area contributed by atoms with E-state index >= 15 is 0 Å². The Labute approximate surface area is 75.4 Å². The van der Waals surface area contributed by atoms with Gasteiger partial charge in [0.1, 0.15) is 0 Å². The summed E-state index contributed by atoms with van der Waals surface area (Å²) >= 11 is 11.9. The van der Waals surface area contributed by atoms with Crippen molar-refractivity contribution in [2.75, 3.05) is 0 Å². The number of rotatable bonds is 0. The third-order valence-corrected chi connectivity index (χ3v) is 2.71. The molecule has 0 aromatic heterocycles. The zero-order valence-electron chi connectivity index (χ0n) is 5.72. The number of hydrogen-bond donors (Lipinski definition) is 0. The highest BCUT2D eigenvalue weighted by molar-refractivity contribution is 6.40. The highest BCUT2D eigenvalue weighted by Crippen LogP contribution is 2.40. The maximum Gasteiger partial charge on any atom is 0.0947 e. The minimum atomic E-state index is -0.132. The maximum absolute atomic E-state index is 5.99. The molecule has 0 N–H and O–H groups in total. The Bertz CT molecular complexity index is 315. The van der Waals surface area contributed by atoms with Gasteiger partial charge in [0.15, 0.2) is 0 Å². The molecule has 2 rings (SSSR count). The first kappa shape index (κ1) is 7.20. The first-order chi connectivity index (χ1) is 5.29. The highest BCUT2D eigenvalue weighted by atomic mass is 35.5. The Morgan fingerprint density at radius 3 is 2.64 bits per heavy atom. The quantitative estimate of drug-likeness (QED) is 0.542. The molecule has 0 radical (unpaired) electrons. The third kappa shape index (κ3) is 1.07. The van der Waals surface area contributed by atoms with E-state index in [9.17, 15) is 0 Å². The molecule has 1 atom stereocenters. The van der Waals surface area contributed by atoms with Crippen LogP contribution in [0.1, 0.15) is 16.5 Å². The molecule has 56 valence electrons. The van der Waals surface area contributed by atoms with Gasteiger partial charge in [0.2, 0.25) is 0 Å². The van der Waals surface area contributed by atoms with Crippen molar-refractivity contribution in [3.63, 3.8) is 0 Å². The third-order valence-electron chi connectivity index (χ3n) is 1.80. The van der Waals surface area contributed by atoms with Gasteiger partial charge in [-0.3, -0.25) is 0 Å². The predicted octanol–water partition coefficient (Wildman–Crippen LogP) is 3.56. The molecule has 0 bridgehead atoms. The van der Waals surface area contributed by atoms with Gasteiger partial charge in [-0.15, -0.1) is 11.6 Å². The van der Waals surface area contributed by atoms with Crippen LogP contribution in [0.5, 0.6) is 0 Å². The number of fused-ring (bicyclic) bond motifs is 1. The van der Waals surface area contributed by atoms with Crippen LogP contribution in [0.15, 0.2) is 29.3 Å². The van der Waals surface area contributed by atoms with E-state index in [1.54, 1.807) is 0 Å². The molecule has 1 aliphatic carbocycles. The summed E-state index contributed by atoms with van der Waals surface area (Å²) in [6.07, 6.45) is 1.91. The minimum Gasteiger partial charge on any atom is -0.112 e. The van der Waals surface area contributed by atoms with Crippen LogP contribution in [0.25, 0.3) is 6.08 Å². The standard InChI is InChI=1S/C9H6Cl2/c10-8-5-6-3-1-2-4-7(6)9(8)11/h1-5,9H. The predicted molar refractivity (Wildman–Crippen MR) is 48.9 cm³/mol. The van der Waals surface area contributed by atoms with Gasteiger partial charge in [-0.25, -0.2) is 0 Å². The van der Waals surface area contributed by atoms with Gasteiger partial charge in [-0.1, -0.05) is 35.9 Å². The van der Waals surface area contributed by atoms with Gasteiger partial charge < -0.3 is 0 Å². The second-order valence-corrected chi connectivity index (χ2v) is 3.39. The average Bonchev–Trinajstić information content (AvgIpc) is 2.30. The summed E-state index contributed by atoms with van der Waals surface area (Å²) in [5, 5.41) is 0.584. The number of allylic oxidation sites excluding steroid dienone is 1. The Kier molecular flexibility index (Phi) is 1.67. The lowest BCUT2D eigenvalue weighted by atomic mass is 10.1. The lowest BCUT2D eigenvalue weighted by Gasteiger charge is -2.01. The molecule has 1 unspecified atom stereocenters. The Balaban J connectivity index is 2.58. The number of benzene rings is 1. The van der Waals surface area contributed by atoms with Crippen LogP contribution in [-0.4, -0.2) is 0 Å². The topological polar surface area (TPSA) is 0 Å². The first-order valence-corrected chi connectivity index (χ1v) is 4.20. The molecule has 11 heavy (non-hydrogen) atoms. The van der Waals surface area contributed by atoms with Crippen molar-refractivity contribution in [2.24, 2.45) is 0 Å². The molecule has 1 aliphatic rings. The van der Waals surface area contributed by atoms with Crippen molar-refractivity contribution < 1.29 is 0 Å². The second-order valence-electron chi connectivity index (χ2n) is 2.52. The lowest BCUT2D eigenvalue weighted by Crippen LogP contribution is -1.84. The summed E-state index contributed by atoms with van der Waals surface area (Å²) in [5.41, 5.74) is 2.25. The van der Waals surface area contributed by atoms with Gasteiger partial charge in [0.25, 0.3) is 0 Å². The van der Waals surface area contributed by atoms with Crippen molar-refractivity contribution in [3.05, 3.63) is 40.4 Å². The van der Waals surface area contributed by atoms with E-state index in [4.69, 9.17) is 23.2 Å². The van der Waals surface area contributed by atoms with Gasteiger partial charge in [-0.2, -0.15) is 0 Å². The number of halogens is 2. The second kappa shape index (κ2) is 2.54. The van der Waals surface area contributed by atoms with Crippen LogP contribution < -0.4 is 0 Å². The molecule has 0 saturated carbocycles. The van der Waals surface area contributed by atoms with Crippen molar-refractivity contribution in [3.8, 4) is 0 Å². The fourth-order valence-electron chi connectivity index (χ4n) is 1.24. The molecule has 0 heterocycles. The SMILES string of the molecule is ClC1=Cc2ccccc2C1Cl. The van der Waals surface area contributed by atoms with Gasteiger partial charge in [-0.05, 0) is 17.2 Å². The normalized spacial score (nSPS) is 21.3. The van der Waals surface area contributed by atoms with E-state index < -0.39 is 0 Å². The van der Waals surface area contributed by atoms with E-state index in [0.29, 0.717) is 5.03 Å². The monoisotopic (exact) mass is 184 g/mol. The van der Waals surface area contributed by atoms with Crippen molar-refractivity contribution in [1.82, 2.24) is 0 Å². The van der Waals surface area contributed by atoms with Crippen molar-refractivity contribution >= 4 is 29.3 Å². The fraction of sp³-hybridized carbons (Fsp3) is 0.111. The van der Waals surface area contributed by atoms with Crippen LogP contribution in [0.3, 0.4) is 0 Å². The fourth-order valence-corrected chi connectivity index (χ4v) is 1.74. The van der Waals surface area contributed by atoms with E-state index in [1.165, 1.54) is 0 Å². The molecule has 1 aromatic rings. The Morgan fingerprint density at radius 1 is 1.18 bits per heavy atom. The number of alkyl halides is 1. The van der Waals surface area contributed by atoms with Crippen LogP contribution in [0.4, 0.5) is 0 Å². The minimum absolute atomic E-state index is 0.132. The molecular formula is C9H6Cl2. The first-order valence-electron chi connectivity index (χ1n) is 3.39. The molecule has 2 heteroatoms. The molecule has 0 spiro atoms. The molecule has 0 amide bonds. The summed E-state index contributed by atoms with van der Waals surface area (Å²) in [6.45, 7) is 0. The summed E-state index contributed by atoms with van der Waals surface area (Å²) in [7, 11) is 0. The molecule has 0 saturated heterocycles. The molecular weight excluding hydrogens is 179 g/mol. The van der Waals surface area contributed by atoms with Crippen molar-refractivity contribution in [2.45, 2.75) is 5.38 Å². The van der Waals surface area contributed by atoms with Gasteiger partial charge in [0.05, 0.1) is 5.38 Å². The van der Waals surface area contributed by atoms with E-state index in [-0.39, 0.29) is 5.38 Å². The summed E-state index contributed by atoms with van der Waals surface area (Å²) in [4.78, 5) is 0. The Hall–Kier alpha value is -0.460. The summed E-state index contributed by atoms with van der Waals surface area (Å²) < 4.78 is 0. The van der Waals surface area contributed by atoms with Crippen LogP contribution >= 0.6 is 23.2 Å². The molecule has 0 aliphatic heterocycles. The molecule has 0 fully saturated rings.